The minimum absolute atomic E-state index is 0.136. The number of nitrogens with two attached hydrogens (primary N) is 1. The molecular weight excluding hydrogens is 259 g/mol. The molecule has 0 unspecified atom stereocenters. The Morgan fingerprint density at radius 3 is 2.64 bits per heavy atom. The molecule has 0 atom stereocenters. The lowest BCUT2D eigenvalue weighted by molar-refractivity contribution is 0.577. The fourth-order valence-electron chi connectivity index (χ4n) is 0.749. The molecule has 0 amide bonds. The van der Waals surface area contributed by atoms with Gasteiger partial charge in [0.15, 0.2) is 0 Å². The molecule has 2 nitrogen and oxygen atoms in total. The standard InChI is InChI=1S/C6H6BFINO/c8-6-4(7(10)11)2-1-3-5(6)9/h1-3,11H,10H2. The summed E-state index contributed by atoms with van der Waals surface area (Å²) in [5, 5.41) is 8.86. The highest BCUT2D eigenvalue weighted by molar-refractivity contribution is 14.1. The van der Waals surface area contributed by atoms with Crippen LogP contribution in [0.1, 0.15) is 0 Å². The van der Waals surface area contributed by atoms with E-state index in [9.17, 15) is 4.39 Å². The van der Waals surface area contributed by atoms with Crippen LogP contribution < -0.4 is 11.1 Å². The first-order valence-corrected chi connectivity index (χ1v) is 4.08. The van der Waals surface area contributed by atoms with Gasteiger partial charge in [0.1, 0.15) is 5.82 Å². The van der Waals surface area contributed by atoms with Crippen molar-refractivity contribution in [3.8, 4) is 0 Å². The Balaban J connectivity index is 3.17. The summed E-state index contributed by atoms with van der Waals surface area (Å²) in [6.07, 6.45) is 0. The van der Waals surface area contributed by atoms with Crippen molar-refractivity contribution in [3.63, 3.8) is 0 Å². The number of hydrogen-bond acceptors (Lipinski definition) is 2. The van der Waals surface area contributed by atoms with E-state index < -0.39 is 12.9 Å². The maximum Gasteiger partial charge on any atom is 0.413 e. The minimum Gasteiger partial charge on any atom is -0.434 e. The Morgan fingerprint density at radius 2 is 2.18 bits per heavy atom. The van der Waals surface area contributed by atoms with Gasteiger partial charge in [-0.15, -0.1) is 0 Å². The molecule has 1 aromatic carbocycles. The lowest BCUT2D eigenvalue weighted by Crippen LogP contribution is -2.42. The number of hydrogen-bond donors (Lipinski definition) is 2. The third kappa shape index (κ3) is 1.91. The van der Waals surface area contributed by atoms with Gasteiger partial charge in [-0.1, -0.05) is 12.1 Å². The summed E-state index contributed by atoms with van der Waals surface area (Å²) in [5.41, 5.74) is 5.23. The molecule has 1 aromatic rings. The quantitative estimate of drug-likeness (QED) is 0.557. The molecule has 0 radical (unpaired) electrons. The molecule has 0 aliphatic rings. The highest BCUT2D eigenvalue weighted by atomic mass is 127. The molecule has 0 spiro atoms. The van der Waals surface area contributed by atoms with E-state index in [4.69, 9.17) is 10.7 Å². The first kappa shape index (κ1) is 8.96. The SMILES string of the molecule is NB(O)c1cccc(I)c1F. The highest BCUT2D eigenvalue weighted by Crippen LogP contribution is 2.06. The van der Waals surface area contributed by atoms with Gasteiger partial charge in [-0.05, 0) is 28.7 Å². The maximum atomic E-state index is 13.0. The average Bonchev–Trinajstić information content (AvgIpc) is 1.94. The monoisotopic (exact) mass is 265 g/mol. The van der Waals surface area contributed by atoms with E-state index in [1.54, 1.807) is 12.1 Å². The summed E-state index contributed by atoms with van der Waals surface area (Å²) < 4.78 is 13.5. The largest absolute Gasteiger partial charge is 0.434 e. The number of rotatable bonds is 1. The van der Waals surface area contributed by atoms with Gasteiger partial charge >= 0.3 is 7.05 Å². The molecule has 0 saturated heterocycles. The van der Waals surface area contributed by atoms with E-state index in [1.807, 2.05) is 22.6 Å². The van der Waals surface area contributed by atoms with Crippen LogP contribution in [0.2, 0.25) is 0 Å². The van der Waals surface area contributed by atoms with Gasteiger partial charge < -0.3 is 10.7 Å². The molecule has 11 heavy (non-hydrogen) atoms. The average molecular weight is 265 g/mol. The smallest absolute Gasteiger partial charge is 0.413 e. The molecule has 0 bridgehead atoms. The molecule has 3 N–H and O–H groups in total. The zero-order valence-corrected chi connectivity index (χ0v) is 7.75. The molecular formula is C6H6BFINO. The van der Waals surface area contributed by atoms with Gasteiger partial charge in [0, 0.05) is 9.03 Å². The van der Waals surface area contributed by atoms with Gasteiger partial charge in [0.05, 0.1) is 0 Å². The Kier molecular flexibility index (Phi) is 2.86. The van der Waals surface area contributed by atoms with Crippen LogP contribution in [0.3, 0.4) is 0 Å². The molecule has 0 aliphatic heterocycles. The zero-order chi connectivity index (χ0) is 8.43. The summed E-state index contributed by atoms with van der Waals surface area (Å²) in [7, 11) is -1.23. The van der Waals surface area contributed by atoms with Gasteiger partial charge in [-0.2, -0.15) is 0 Å². The van der Waals surface area contributed by atoms with Gasteiger partial charge in [0.25, 0.3) is 0 Å². The Bertz CT molecular complexity index is 269. The van der Waals surface area contributed by atoms with Crippen molar-refractivity contribution >= 4 is 35.1 Å². The molecule has 0 fully saturated rings. The zero-order valence-electron chi connectivity index (χ0n) is 5.59. The Hall–Kier alpha value is -0.135. The van der Waals surface area contributed by atoms with Crippen LogP contribution in [-0.4, -0.2) is 12.1 Å². The lowest BCUT2D eigenvalue weighted by atomic mass is 9.76. The third-order valence-electron chi connectivity index (χ3n) is 1.30. The van der Waals surface area contributed by atoms with Crippen LogP contribution in [0, 0.1) is 9.39 Å². The van der Waals surface area contributed by atoms with Crippen molar-refractivity contribution in [2.75, 3.05) is 0 Å². The van der Waals surface area contributed by atoms with Gasteiger partial charge in [-0.25, -0.2) is 4.39 Å². The van der Waals surface area contributed by atoms with E-state index >= 15 is 0 Å². The molecule has 1 rings (SSSR count). The van der Waals surface area contributed by atoms with E-state index in [0.29, 0.717) is 3.57 Å². The van der Waals surface area contributed by atoms with Crippen LogP contribution in [0.25, 0.3) is 0 Å². The lowest BCUT2D eigenvalue weighted by Gasteiger charge is -2.02. The molecule has 58 valence electrons. The minimum atomic E-state index is -1.23. The van der Waals surface area contributed by atoms with Crippen molar-refractivity contribution in [2.24, 2.45) is 5.64 Å². The van der Waals surface area contributed by atoms with E-state index in [1.165, 1.54) is 6.07 Å². The van der Waals surface area contributed by atoms with Crippen molar-refractivity contribution < 1.29 is 9.41 Å². The normalized spacial score (nSPS) is 9.82. The van der Waals surface area contributed by atoms with Crippen LogP contribution >= 0.6 is 22.6 Å². The number of benzene rings is 1. The number of halogens is 2. The van der Waals surface area contributed by atoms with Crippen LogP contribution in [0.5, 0.6) is 0 Å². The molecule has 0 saturated carbocycles. The topological polar surface area (TPSA) is 46.2 Å². The molecule has 0 aliphatic carbocycles. The predicted molar refractivity (Wildman–Crippen MR) is 50.9 cm³/mol. The van der Waals surface area contributed by atoms with Crippen molar-refractivity contribution in [3.05, 3.63) is 27.6 Å². The highest BCUT2D eigenvalue weighted by Gasteiger charge is 2.14. The molecule has 0 aromatic heterocycles. The van der Waals surface area contributed by atoms with Crippen LogP contribution in [0.4, 0.5) is 4.39 Å². The summed E-state index contributed by atoms with van der Waals surface area (Å²) in [4.78, 5) is 0. The van der Waals surface area contributed by atoms with Gasteiger partial charge in [-0.3, -0.25) is 0 Å². The Labute approximate surface area is 77.9 Å². The summed E-state index contributed by atoms with van der Waals surface area (Å²) in [6, 6.07) is 4.72. The third-order valence-corrected chi connectivity index (χ3v) is 2.13. The van der Waals surface area contributed by atoms with E-state index in [-0.39, 0.29) is 5.46 Å². The first-order valence-electron chi connectivity index (χ1n) is 3.00. The van der Waals surface area contributed by atoms with E-state index in [2.05, 4.69) is 0 Å². The summed E-state index contributed by atoms with van der Waals surface area (Å²) in [6.45, 7) is 0. The second-order valence-corrected chi connectivity index (χ2v) is 3.25. The second kappa shape index (κ2) is 3.51. The maximum absolute atomic E-state index is 13.0. The summed E-state index contributed by atoms with van der Waals surface area (Å²) >= 11 is 1.84. The fourth-order valence-corrected chi connectivity index (χ4v) is 1.27. The second-order valence-electron chi connectivity index (χ2n) is 2.09. The van der Waals surface area contributed by atoms with Gasteiger partial charge in [0.2, 0.25) is 0 Å². The van der Waals surface area contributed by atoms with Crippen LogP contribution in [-0.2, 0) is 0 Å². The van der Waals surface area contributed by atoms with Crippen molar-refractivity contribution in [1.82, 2.24) is 0 Å². The van der Waals surface area contributed by atoms with Crippen molar-refractivity contribution in [1.29, 1.82) is 0 Å². The fraction of sp³-hybridized carbons (Fsp3) is 0. The van der Waals surface area contributed by atoms with E-state index in [0.717, 1.165) is 0 Å². The van der Waals surface area contributed by atoms with Crippen molar-refractivity contribution in [2.45, 2.75) is 0 Å². The Morgan fingerprint density at radius 1 is 1.55 bits per heavy atom. The summed E-state index contributed by atoms with van der Waals surface area (Å²) in [5.74, 6) is -0.442. The first-order chi connectivity index (χ1) is 5.13. The predicted octanol–water partition coefficient (Wildman–Crippen LogP) is 0.0765. The molecule has 5 heteroatoms. The molecule has 0 heterocycles. The van der Waals surface area contributed by atoms with Crippen LogP contribution in [0.15, 0.2) is 18.2 Å².